The van der Waals surface area contributed by atoms with Crippen molar-refractivity contribution < 1.29 is 5.11 Å². The van der Waals surface area contributed by atoms with Crippen LogP contribution in [0.15, 0.2) is 97.1 Å². The summed E-state index contributed by atoms with van der Waals surface area (Å²) in [5.41, 5.74) is 2.28. The number of hydrogen-bond acceptors (Lipinski definition) is 1. The molecule has 0 aliphatic heterocycles. The van der Waals surface area contributed by atoms with Crippen LogP contribution < -0.4 is 0 Å². The molecule has 0 saturated carbocycles. The predicted octanol–water partition coefficient (Wildman–Crippen LogP) is 4.89. The second kappa shape index (κ2) is 9.32. The number of aliphatic hydroxyl groups excluding tert-OH is 1. The molecule has 0 heterocycles. The third-order valence-electron chi connectivity index (χ3n) is 3.02. The zero-order valence-corrected chi connectivity index (χ0v) is 12.4. The zero-order valence-electron chi connectivity index (χ0n) is 12.4. The van der Waals surface area contributed by atoms with Gasteiger partial charge < -0.3 is 5.11 Å². The molecule has 1 heteroatoms. The van der Waals surface area contributed by atoms with Crippen LogP contribution in [-0.2, 0) is 0 Å². The van der Waals surface area contributed by atoms with Gasteiger partial charge in [0, 0.05) is 0 Å². The Morgan fingerprint density at radius 2 is 1.00 bits per heavy atom. The Morgan fingerprint density at radius 3 is 1.41 bits per heavy atom. The first-order valence-corrected chi connectivity index (χ1v) is 7.32. The minimum atomic E-state index is -0.583. The van der Waals surface area contributed by atoms with E-state index in [1.165, 1.54) is 0 Å². The fraction of sp³-hybridized carbons (Fsp3) is 0.0476. The quantitative estimate of drug-likeness (QED) is 0.751. The SMILES string of the molecule is OC(/C=C/C=C/c1ccccc1)/C=C/C=C/c1ccccc1. The maximum Gasteiger partial charge on any atom is 0.0908 e. The highest BCUT2D eigenvalue weighted by atomic mass is 16.3. The molecular weight excluding hydrogens is 268 g/mol. The Labute approximate surface area is 132 Å². The zero-order chi connectivity index (χ0) is 15.5. The third kappa shape index (κ3) is 6.21. The van der Waals surface area contributed by atoms with Crippen LogP contribution in [0.5, 0.6) is 0 Å². The Balaban J connectivity index is 1.78. The fourth-order valence-corrected chi connectivity index (χ4v) is 1.88. The van der Waals surface area contributed by atoms with Gasteiger partial charge in [-0.3, -0.25) is 0 Å². The average molecular weight is 288 g/mol. The van der Waals surface area contributed by atoms with E-state index in [-0.39, 0.29) is 0 Å². The molecule has 0 amide bonds. The average Bonchev–Trinajstić information content (AvgIpc) is 2.57. The summed E-state index contributed by atoms with van der Waals surface area (Å²) >= 11 is 0. The van der Waals surface area contributed by atoms with E-state index in [1.807, 2.05) is 97.1 Å². The topological polar surface area (TPSA) is 20.2 Å². The predicted molar refractivity (Wildman–Crippen MR) is 95.2 cm³/mol. The van der Waals surface area contributed by atoms with Gasteiger partial charge in [0.2, 0.25) is 0 Å². The first-order valence-electron chi connectivity index (χ1n) is 7.32. The van der Waals surface area contributed by atoms with E-state index in [2.05, 4.69) is 0 Å². The highest BCUT2D eigenvalue weighted by Crippen LogP contribution is 2.02. The molecule has 0 unspecified atom stereocenters. The molecule has 2 aromatic rings. The Hall–Kier alpha value is -2.64. The number of rotatable bonds is 6. The minimum Gasteiger partial charge on any atom is -0.385 e. The molecule has 0 bridgehead atoms. The van der Waals surface area contributed by atoms with Gasteiger partial charge in [-0.05, 0) is 11.1 Å². The standard InChI is InChI=1S/C21H20O/c22-21(17-9-7-15-19-11-3-1-4-12-19)18-10-8-16-20-13-5-2-6-14-20/h1-18,21-22H/b15-7+,16-8+,17-9+,18-10+. The largest absolute Gasteiger partial charge is 0.385 e. The van der Waals surface area contributed by atoms with Crippen molar-refractivity contribution in [2.24, 2.45) is 0 Å². The van der Waals surface area contributed by atoms with E-state index in [0.717, 1.165) is 11.1 Å². The monoisotopic (exact) mass is 288 g/mol. The Kier molecular flexibility index (Phi) is 6.67. The summed E-state index contributed by atoms with van der Waals surface area (Å²) in [6.45, 7) is 0. The molecule has 0 aliphatic carbocycles. The highest BCUT2D eigenvalue weighted by molar-refractivity contribution is 5.51. The number of benzene rings is 2. The van der Waals surface area contributed by atoms with Crippen LogP contribution in [-0.4, -0.2) is 11.2 Å². The maximum atomic E-state index is 9.80. The van der Waals surface area contributed by atoms with E-state index in [0.29, 0.717) is 0 Å². The van der Waals surface area contributed by atoms with E-state index < -0.39 is 6.10 Å². The molecule has 0 atom stereocenters. The first kappa shape index (κ1) is 15.7. The van der Waals surface area contributed by atoms with E-state index in [4.69, 9.17) is 0 Å². The van der Waals surface area contributed by atoms with Crippen molar-refractivity contribution in [3.05, 3.63) is 108 Å². The van der Waals surface area contributed by atoms with Crippen LogP contribution in [0.2, 0.25) is 0 Å². The van der Waals surface area contributed by atoms with Gasteiger partial charge in [0.05, 0.1) is 6.10 Å². The summed E-state index contributed by atoms with van der Waals surface area (Å²) in [5, 5.41) is 9.80. The van der Waals surface area contributed by atoms with Crippen LogP contribution >= 0.6 is 0 Å². The molecule has 0 saturated heterocycles. The Morgan fingerprint density at radius 1 is 0.591 bits per heavy atom. The van der Waals surface area contributed by atoms with Gasteiger partial charge in [-0.15, -0.1) is 0 Å². The minimum absolute atomic E-state index is 0.583. The number of aliphatic hydroxyl groups is 1. The lowest BCUT2D eigenvalue weighted by atomic mass is 10.2. The molecular formula is C21H20O. The van der Waals surface area contributed by atoms with Crippen molar-refractivity contribution in [3.8, 4) is 0 Å². The van der Waals surface area contributed by atoms with Gasteiger partial charge in [0.25, 0.3) is 0 Å². The molecule has 0 aliphatic rings. The number of hydrogen-bond donors (Lipinski definition) is 1. The van der Waals surface area contributed by atoms with Gasteiger partial charge >= 0.3 is 0 Å². The summed E-state index contributed by atoms with van der Waals surface area (Å²) in [4.78, 5) is 0. The smallest absolute Gasteiger partial charge is 0.0908 e. The Bertz CT molecular complexity index is 589. The van der Waals surface area contributed by atoms with E-state index in [9.17, 15) is 5.11 Å². The van der Waals surface area contributed by atoms with Gasteiger partial charge in [-0.25, -0.2) is 0 Å². The molecule has 1 N–H and O–H groups in total. The summed E-state index contributed by atoms with van der Waals surface area (Å²) < 4.78 is 0. The molecule has 2 rings (SSSR count). The van der Waals surface area contributed by atoms with Crippen LogP contribution in [0, 0.1) is 0 Å². The van der Waals surface area contributed by atoms with Gasteiger partial charge in [-0.1, -0.05) is 109 Å². The van der Waals surface area contributed by atoms with Crippen LogP contribution in [0.4, 0.5) is 0 Å². The van der Waals surface area contributed by atoms with Crippen molar-refractivity contribution in [3.63, 3.8) is 0 Å². The van der Waals surface area contributed by atoms with E-state index >= 15 is 0 Å². The molecule has 0 fully saturated rings. The van der Waals surface area contributed by atoms with Crippen LogP contribution in [0.3, 0.4) is 0 Å². The van der Waals surface area contributed by atoms with Crippen molar-refractivity contribution in [1.82, 2.24) is 0 Å². The van der Waals surface area contributed by atoms with Crippen LogP contribution in [0.1, 0.15) is 11.1 Å². The molecule has 110 valence electrons. The van der Waals surface area contributed by atoms with E-state index in [1.54, 1.807) is 12.2 Å². The first-order chi connectivity index (χ1) is 10.8. The normalized spacial score (nSPS) is 12.5. The lowest BCUT2D eigenvalue weighted by molar-refractivity contribution is 0.271. The molecule has 0 aromatic heterocycles. The lowest BCUT2D eigenvalue weighted by Crippen LogP contribution is -1.94. The summed E-state index contributed by atoms with van der Waals surface area (Å²) in [7, 11) is 0. The lowest BCUT2D eigenvalue weighted by Gasteiger charge is -1.94. The maximum absolute atomic E-state index is 9.80. The van der Waals surface area contributed by atoms with Gasteiger partial charge in [0.1, 0.15) is 0 Å². The van der Waals surface area contributed by atoms with Gasteiger partial charge in [-0.2, -0.15) is 0 Å². The second-order valence-corrected chi connectivity index (χ2v) is 4.80. The van der Waals surface area contributed by atoms with Crippen molar-refractivity contribution in [2.75, 3.05) is 0 Å². The van der Waals surface area contributed by atoms with Crippen LogP contribution in [0.25, 0.3) is 12.2 Å². The van der Waals surface area contributed by atoms with Crippen molar-refractivity contribution >= 4 is 12.2 Å². The molecule has 0 spiro atoms. The molecule has 2 aromatic carbocycles. The van der Waals surface area contributed by atoms with Gasteiger partial charge in [0.15, 0.2) is 0 Å². The van der Waals surface area contributed by atoms with Crippen molar-refractivity contribution in [1.29, 1.82) is 0 Å². The molecule has 1 nitrogen and oxygen atoms in total. The molecule has 0 radical (unpaired) electrons. The van der Waals surface area contributed by atoms with Crippen molar-refractivity contribution in [2.45, 2.75) is 6.10 Å². The third-order valence-corrected chi connectivity index (χ3v) is 3.02. The summed E-state index contributed by atoms with van der Waals surface area (Å²) in [6.07, 6.45) is 14.5. The second-order valence-electron chi connectivity index (χ2n) is 4.80. The number of allylic oxidation sites excluding steroid dienone is 4. The summed E-state index contributed by atoms with van der Waals surface area (Å²) in [6, 6.07) is 20.1. The fourth-order valence-electron chi connectivity index (χ4n) is 1.88. The molecule has 22 heavy (non-hydrogen) atoms. The highest BCUT2D eigenvalue weighted by Gasteiger charge is 1.88. The summed E-state index contributed by atoms with van der Waals surface area (Å²) in [5.74, 6) is 0.